The second kappa shape index (κ2) is 10.4. The Morgan fingerprint density at radius 3 is 2.63 bits per heavy atom. The Kier molecular flexibility index (Phi) is 7.45. The van der Waals surface area contributed by atoms with Gasteiger partial charge in [0.15, 0.2) is 22.5 Å². The molecular weight excluding hydrogens is 402 g/mol. The van der Waals surface area contributed by atoms with Crippen LogP contribution in [0, 0.1) is 0 Å². The molecule has 8 nitrogen and oxygen atoms in total. The number of carbonyl (C=O) groups is 1. The van der Waals surface area contributed by atoms with Gasteiger partial charge in [0.25, 0.3) is 5.91 Å². The highest BCUT2D eigenvalue weighted by molar-refractivity contribution is 7.99. The largest absolute Gasteiger partial charge is 0.493 e. The minimum atomic E-state index is -0.245. The van der Waals surface area contributed by atoms with Crippen molar-refractivity contribution in [3.8, 4) is 22.9 Å². The molecule has 1 aromatic heterocycles. The van der Waals surface area contributed by atoms with Gasteiger partial charge in [0.05, 0.1) is 26.2 Å². The third-order valence-electron chi connectivity index (χ3n) is 4.22. The van der Waals surface area contributed by atoms with E-state index in [4.69, 9.17) is 9.47 Å². The van der Waals surface area contributed by atoms with Crippen LogP contribution in [0.2, 0.25) is 0 Å². The summed E-state index contributed by atoms with van der Waals surface area (Å²) in [7, 11) is 3.12. The van der Waals surface area contributed by atoms with E-state index in [1.807, 2.05) is 54.0 Å². The number of benzene rings is 2. The molecule has 156 valence electrons. The highest BCUT2D eigenvalue weighted by Gasteiger charge is 2.14. The Hall–Kier alpha value is -3.33. The van der Waals surface area contributed by atoms with Crippen LogP contribution in [0.25, 0.3) is 11.4 Å². The summed E-state index contributed by atoms with van der Waals surface area (Å²) in [6, 6.07) is 15.3. The van der Waals surface area contributed by atoms with Crippen molar-refractivity contribution >= 4 is 23.9 Å². The van der Waals surface area contributed by atoms with Gasteiger partial charge < -0.3 is 14.0 Å². The Morgan fingerprint density at radius 1 is 1.13 bits per heavy atom. The third kappa shape index (κ3) is 4.98. The van der Waals surface area contributed by atoms with Crippen molar-refractivity contribution in [2.75, 3.05) is 20.0 Å². The average molecular weight is 426 g/mol. The predicted octanol–water partition coefficient (Wildman–Crippen LogP) is 3.22. The number of carbonyl (C=O) groups excluding carboxylic acids is 1. The van der Waals surface area contributed by atoms with Gasteiger partial charge in [-0.05, 0) is 19.1 Å². The molecule has 3 rings (SSSR count). The first-order valence-corrected chi connectivity index (χ1v) is 10.3. The number of ether oxygens (including phenoxy) is 2. The maximum atomic E-state index is 12.2. The number of nitrogens with one attached hydrogen (secondary N) is 1. The number of rotatable bonds is 9. The first-order chi connectivity index (χ1) is 14.7. The summed E-state index contributed by atoms with van der Waals surface area (Å²) >= 11 is 1.31. The van der Waals surface area contributed by atoms with E-state index in [1.54, 1.807) is 20.3 Å². The fraction of sp³-hybridized carbons (Fsp3) is 0.238. The van der Waals surface area contributed by atoms with E-state index in [0.717, 1.165) is 11.4 Å². The van der Waals surface area contributed by atoms with Crippen molar-refractivity contribution < 1.29 is 14.3 Å². The van der Waals surface area contributed by atoms with E-state index in [0.29, 0.717) is 28.8 Å². The zero-order valence-corrected chi connectivity index (χ0v) is 17.8. The van der Waals surface area contributed by atoms with Gasteiger partial charge in [-0.15, -0.1) is 10.2 Å². The van der Waals surface area contributed by atoms with Crippen molar-refractivity contribution in [3.63, 3.8) is 0 Å². The lowest BCUT2D eigenvalue weighted by Crippen LogP contribution is -2.20. The fourth-order valence-electron chi connectivity index (χ4n) is 2.83. The SMILES string of the molecule is CCn1c(SCC(=O)N/N=C\c2cccc(OC)c2OC)nnc1-c1ccccc1. The number of thioether (sulfide) groups is 1. The number of aromatic nitrogens is 3. The highest BCUT2D eigenvalue weighted by atomic mass is 32.2. The van der Waals surface area contributed by atoms with Gasteiger partial charge in [-0.3, -0.25) is 4.79 Å². The Bertz CT molecular complexity index is 1020. The molecule has 0 aliphatic rings. The van der Waals surface area contributed by atoms with Crippen molar-refractivity contribution in [2.24, 2.45) is 5.10 Å². The summed E-state index contributed by atoms with van der Waals surface area (Å²) in [6.45, 7) is 2.72. The number of hydrazone groups is 1. The maximum absolute atomic E-state index is 12.2. The smallest absolute Gasteiger partial charge is 0.250 e. The third-order valence-corrected chi connectivity index (χ3v) is 5.19. The molecule has 1 heterocycles. The van der Waals surface area contributed by atoms with Crippen molar-refractivity contribution in [2.45, 2.75) is 18.6 Å². The van der Waals surface area contributed by atoms with E-state index < -0.39 is 0 Å². The van der Waals surface area contributed by atoms with Crippen LogP contribution in [0.3, 0.4) is 0 Å². The molecule has 0 bridgehead atoms. The van der Waals surface area contributed by atoms with Crippen LogP contribution >= 0.6 is 11.8 Å². The Labute approximate surface area is 179 Å². The van der Waals surface area contributed by atoms with Gasteiger partial charge in [-0.1, -0.05) is 48.2 Å². The number of nitrogens with zero attached hydrogens (tertiary/aromatic N) is 4. The molecule has 0 spiro atoms. The molecule has 0 radical (unpaired) electrons. The minimum absolute atomic E-state index is 0.166. The summed E-state index contributed by atoms with van der Waals surface area (Å²) in [5.41, 5.74) is 4.21. The quantitative estimate of drug-likeness (QED) is 0.322. The van der Waals surface area contributed by atoms with Gasteiger partial charge in [-0.2, -0.15) is 5.10 Å². The molecule has 0 aliphatic heterocycles. The number of hydrogen-bond donors (Lipinski definition) is 1. The van der Waals surface area contributed by atoms with Crippen LogP contribution < -0.4 is 14.9 Å². The van der Waals surface area contributed by atoms with Crippen LogP contribution in [0.15, 0.2) is 58.8 Å². The van der Waals surface area contributed by atoms with Crippen molar-refractivity contribution in [1.82, 2.24) is 20.2 Å². The number of hydrogen-bond acceptors (Lipinski definition) is 7. The molecule has 0 fully saturated rings. The standard InChI is InChI=1S/C21H23N5O3S/c1-4-26-20(15-9-6-5-7-10-15)24-25-21(26)30-14-18(27)23-22-13-16-11-8-12-17(28-2)19(16)29-3/h5-13H,4,14H2,1-3H3,(H,23,27)/b22-13-. The summed E-state index contributed by atoms with van der Waals surface area (Å²) in [5, 5.41) is 13.2. The summed E-state index contributed by atoms with van der Waals surface area (Å²) in [5.74, 6) is 1.85. The van der Waals surface area contributed by atoms with Crippen molar-refractivity contribution in [1.29, 1.82) is 0 Å². The average Bonchev–Trinajstić information content (AvgIpc) is 3.21. The predicted molar refractivity (Wildman–Crippen MR) is 117 cm³/mol. The second-order valence-corrected chi connectivity index (χ2v) is 7.02. The molecule has 0 saturated carbocycles. The molecule has 1 amide bonds. The fourth-order valence-corrected chi connectivity index (χ4v) is 3.63. The molecule has 0 unspecified atom stereocenters. The topological polar surface area (TPSA) is 90.6 Å². The summed E-state index contributed by atoms with van der Waals surface area (Å²) < 4.78 is 12.6. The lowest BCUT2D eigenvalue weighted by Gasteiger charge is -2.09. The second-order valence-electron chi connectivity index (χ2n) is 6.08. The van der Waals surface area contributed by atoms with E-state index in [-0.39, 0.29) is 11.7 Å². The van der Waals surface area contributed by atoms with E-state index in [9.17, 15) is 4.79 Å². The molecule has 0 aliphatic carbocycles. The van der Waals surface area contributed by atoms with E-state index in [2.05, 4.69) is 20.7 Å². The molecule has 3 aromatic rings. The summed E-state index contributed by atoms with van der Waals surface area (Å²) in [4.78, 5) is 12.2. The van der Waals surface area contributed by atoms with Gasteiger partial charge in [0.1, 0.15) is 0 Å². The van der Waals surface area contributed by atoms with Gasteiger partial charge in [0, 0.05) is 17.7 Å². The Balaban J connectivity index is 1.61. The van der Waals surface area contributed by atoms with Gasteiger partial charge >= 0.3 is 0 Å². The van der Waals surface area contributed by atoms with Crippen LogP contribution in [0.4, 0.5) is 0 Å². The van der Waals surface area contributed by atoms with Crippen LogP contribution in [0.5, 0.6) is 11.5 Å². The van der Waals surface area contributed by atoms with Gasteiger partial charge in [0.2, 0.25) is 0 Å². The van der Waals surface area contributed by atoms with Gasteiger partial charge in [-0.25, -0.2) is 5.43 Å². The molecule has 0 atom stereocenters. The molecule has 30 heavy (non-hydrogen) atoms. The normalized spacial score (nSPS) is 10.9. The lowest BCUT2D eigenvalue weighted by atomic mass is 10.2. The molecule has 1 N–H and O–H groups in total. The maximum Gasteiger partial charge on any atom is 0.250 e. The lowest BCUT2D eigenvalue weighted by molar-refractivity contribution is -0.118. The number of para-hydroxylation sites is 1. The zero-order chi connectivity index (χ0) is 21.3. The summed E-state index contributed by atoms with van der Waals surface area (Å²) in [6.07, 6.45) is 1.52. The van der Waals surface area contributed by atoms with Crippen LogP contribution in [-0.4, -0.2) is 46.9 Å². The molecule has 2 aromatic carbocycles. The Morgan fingerprint density at radius 2 is 1.93 bits per heavy atom. The molecular formula is C21H23N5O3S. The van der Waals surface area contributed by atoms with E-state index >= 15 is 0 Å². The highest BCUT2D eigenvalue weighted by Crippen LogP contribution is 2.29. The first kappa shape index (κ1) is 21.4. The van der Waals surface area contributed by atoms with E-state index in [1.165, 1.54) is 18.0 Å². The first-order valence-electron chi connectivity index (χ1n) is 9.32. The number of amides is 1. The van der Waals surface area contributed by atoms with Crippen LogP contribution in [0.1, 0.15) is 12.5 Å². The van der Waals surface area contributed by atoms with Crippen LogP contribution in [-0.2, 0) is 11.3 Å². The zero-order valence-electron chi connectivity index (χ0n) is 17.0. The monoisotopic (exact) mass is 425 g/mol. The number of methoxy groups -OCH3 is 2. The van der Waals surface area contributed by atoms with Crippen molar-refractivity contribution in [3.05, 3.63) is 54.1 Å². The minimum Gasteiger partial charge on any atom is -0.493 e. The molecule has 9 heteroatoms. The molecule has 0 saturated heterocycles.